The Morgan fingerprint density at radius 2 is 1.58 bits per heavy atom. The highest BCUT2D eigenvalue weighted by atomic mass is 35.5. The van der Waals surface area contributed by atoms with Crippen LogP contribution in [0.25, 0.3) is 0 Å². The van der Waals surface area contributed by atoms with E-state index in [9.17, 15) is 31.1 Å². The Kier molecular flexibility index (Phi) is 14.8. The summed E-state index contributed by atoms with van der Waals surface area (Å²) in [7, 11) is 1.95. The third-order valence-electron chi connectivity index (χ3n) is 7.72. The van der Waals surface area contributed by atoms with E-state index >= 15 is 0 Å². The fourth-order valence-electron chi connectivity index (χ4n) is 5.33. The minimum Gasteiger partial charge on any atom is -0.302 e. The van der Waals surface area contributed by atoms with E-state index in [0.29, 0.717) is 44.9 Å². The van der Waals surface area contributed by atoms with E-state index < -0.39 is 40.4 Å². The summed E-state index contributed by atoms with van der Waals surface area (Å²) in [5.74, 6) is -0.800. The van der Waals surface area contributed by atoms with Gasteiger partial charge < -0.3 is 10.2 Å². The van der Waals surface area contributed by atoms with Crippen LogP contribution in [0, 0.1) is 13.8 Å². The topological polar surface area (TPSA) is 48.5 Å². The summed E-state index contributed by atoms with van der Waals surface area (Å²) in [6.45, 7) is 6.71. The summed E-state index contributed by atoms with van der Waals surface area (Å²) in [5.41, 5.74) is -1.28. The van der Waals surface area contributed by atoms with Gasteiger partial charge in [-0.3, -0.25) is 14.7 Å². The van der Waals surface area contributed by atoms with E-state index in [0.717, 1.165) is 22.3 Å². The number of aromatic nitrogens is 1. The Hall–Kier alpha value is -2.41. The Morgan fingerprint density at radius 1 is 0.933 bits per heavy atom. The Balaban J connectivity index is 0.00000337. The van der Waals surface area contributed by atoms with Crippen molar-refractivity contribution in [2.24, 2.45) is 0 Å². The van der Waals surface area contributed by atoms with Crippen molar-refractivity contribution in [1.29, 1.82) is 0 Å². The molecular formula is C31H37Cl3F6N4O. The zero-order valence-corrected chi connectivity index (χ0v) is 27.4. The highest BCUT2D eigenvalue weighted by Gasteiger charge is 2.45. The Labute approximate surface area is 278 Å². The molecule has 1 saturated heterocycles. The van der Waals surface area contributed by atoms with E-state index in [1.165, 1.54) is 0 Å². The van der Waals surface area contributed by atoms with Crippen LogP contribution in [0.1, 0.15) is 43.7 Å². The number of alkyl halides is 6. The van der Waals surface area contributed by atoms with Gasteiger partial charge in [-0.25, -0.2) is 0 Å². The van der Waals surface area contributed by atoms with Gasteiger partial charge in [0.1, 0.15) is 0 Å². The highest BCUT2D eigenvalue weighted by molar-refractivity contribution is 6.04. The number of carbonyl (C=O) groups excluding carboxylic acids is 1. The quantitative estimate of drug-likeness (QED) is 0.189. The maximum atomic E-state index is 14.1. The predicted octanol–water partition coefficient (Wildman–Crippen LogP) is 7.20. The van der Waals surface area contributed by atoms with Crippen LogP contribution in [0.5, 0.6) is 0 Å². The first-order valence-corrected chi connectivity index (χ1v) is 13.6. The average molecular weight is 702 g/mol. The maximum absolute atomic E-state index is 14.1. The van der Waals surface area contributed by atoms with Gasteiger partial charge >= 0.3 is 12.4 Å². The summed E-state index contributed by atoms with van der Waals surface area (Å²) in [6, 6.07) is 10.6. The van der Waals surface area contributed by atoms with Crippen molar-refractivity contribution < 1.29 is 31.1 Å². The number of piperazine rings is 1. The highest BCUT2D eigenvalue weighted by Crippen LogP contribution is 2.37. The summed E-state index contributed by atoms with van der Waals surface area (Å²) in [4.78, 5) is 22.4. The monoisotopic (exact) mass is 700 g/mol. The van der Waals surface area contributed by atoms with Crippen molar-refractivity contribution in [2.75, 3.05) is 39.8 Å². The molecule has 45 heavy (non-hydrogen) atoms. The number of nitrogens with one attached hydrogen (secondary N) is 1. The first-order chi connectivity index (χ1) is 19.7. The molecule has 3 aromatic rings. The molecule has 1 aromatic heterocycles. The van der Waals surface area contributed by atoms with E-state index in [2.05, 4.69) is 15.2 Å². The van der Waals surface area contributed by atoms with Crippen molar-refractivity contribution in [3.05, 3.63) is 99.9 Å². The molecule has 4 rings (SSSR count). The fourth-order valence-corrected chi connectivity index (χ4v) is 5.33. The molecule has 1 aliphatic heterocycles. The fraction of sp³-hybridized carbons (Fsp3) is 0.419. The van der Waals surface area contributed by atoms with E-state index in [1.54, 1.807) is 12.4 Å². The second-order valence-electron chi connectivity index (χ2n) is 11.1. The van der Waals surface area contributed by atoms with Crippen LogP contribution in [0.3, 0.4) is 0 Å². The minimum atomic E-state index is -5.05. The second-order valence-corrected chi connectivity index (χ2v) is 11.1. The Morgan fingerprint density at radius 3 is 2.13 bits per heavy atom. The van der Waals surface area contributed by atoms with Crippen LogP contribution < -0.4 is 5.32 Å². The van der Waals surface area contributed by atoms with Crippen LogP contribution >= 0.6 is 37.2 Å². The number of benzene rings is 2. The second kappa shape index (κ2) is 16.4. The summed E-state index contributed by atoms with van der Waals surface area (Å²) in [5, 5.41) is 3.21. The van der Waals surface area contributed by atoms with Gasteiger partial charge in [0.05, 0.1) is 16.7 Å². The van der Waals surface area contributed by atoms with Gasteiger partial charge in [-0.05, 0) is 73.8 Å². The minimum absolute atomic E-state index is 0. The molecule has 1 atom stereocenters. The van der Waals surface area contributed by atoms with Crippen LogP contribution in [0.2, 0.25) is 0 Å². The molecule has 1 N–H and O–H groups in total. The number of ketones is 1. The third-order valence-corrected chi connectivity index (χ3v) is 7.72. The molecule has 0 saturated carbocycles. The molecule has 1 unspecified atom stereocenters. The van der Waals surface area contributed by atoms with Crippen LogP contribution in [-0.4, -0.2) is 65.9 Å². The molecule has 250 valence electrons. The van der Waals surface area contributed by atoms with Gasteiger partial charge in [0.25, 0.3) is 0 Å². The van der Waals surface area contributed by atoms with Crippen molar-refractivity contribution in [2.45, 2.75) is 44.7 Å². The Bertz CT molecular complexity index is 1380. The SMILES string of the molecule is Cc1ccc(CC2(C(=O)c3cc(C(F)(F)F)cc(C(F)(F)F)c3)CN(CCN(C)Cc3cccnc3)CCN2)cc1C.Cl.Cl.Cl. The molecule has 14 heteroatoms. The first-order valence-electron chi connectivity index (χ1n) is 13.6. The molecule has 2 heterocycles. The van der Waals surface area contributed by atoms with Gasteiger partial charge in [-0.2, -0.15) is 26.3 Å². The number of likely N-dealkylation sites (N-methyl/N-ethyl adjacent to an activating group) is 1. The van der Waals surface area contributed by atoms with Gasteiger partial charge in [0, 0.05) is 57.2 Å². The average Bonchev–Trinajstić information content (AvgIpc) is 2.93. The van der Waals surface area contributed by atoms with Crippen molar-refractivity contribution >= 4 is 43.0 Å². The number of hydrogen-bond acceptors (Lipinski definition) is 5. The number of Topliss-reactive ketones (excluding diaryl/α,β-unsaturated/α-hetero) is 1. The smallest absolute Gasteiger partial charge is 0.302 e. The normalized spacial score (nSPS) is 17.2. The molecule has 1 aliphatic rings. The number of nitrogens with zero attached hydrogens (tertiary/aromatic N) is 3. The molecule has 2 aromatic carbocycles. The lowest BCUT2D eigenvalue weighted by Gasteiger charge is -2.43. The largest absolute Gasteiger partial charge is 0.416 e. The molecule has 1 fully saturated rings. The third kappa shape index (κ3) is 10.6. The van der Waals surface area contributed by atoms with Gasteiger partial charge in [0.15, 0.2) is 5.78 Å². The molecular weight excluding hydrogens is 665 g/mol. The number of pyridine rings is 1. The lowest BCUT2D eigenvalue weighted by atomic mass is 9.80. The number of aryl methyl sites for hydroxylation is 2. The summed E-state index contributed by atoms with van der Waals surface area (Å²) >= 11 is 0. The first kappa shape index (κ1) is 40.6. The van der Waals surface area contributed by atoms with Crippen LogP contribution in [-0.2, 0) is 25.3 Å². The summed E-state index contributed by atoms with van der Waals surface area (Å²) in [6.07, 6.45) is -6.53. The molecule has 0 bridgehead atoms. The van der Waals surface area contributed by atoms with Crippen molar-refractivity contribution in [1.82, 2.24) is 20.1 Å². The molecule has 0 amide bonds. The van der Waals surface area contributed by atoms with E-state index in [-0.39, 0.29) is 56.3 Å². The maximum Gasteiger partial charge on any atom is 0.416 e. The van der Waals surface area contributed by atoms with Crippen molar-refractivity contribution in [3.8, 4) is 0 Å². The number of hydrogen-bond donors (Lipinski definition) is 1. The molecule has 0 radical (unpaired) electrons. The lowest BCUT2D eigenvalue weighted by molar-refractivity contribution is -0.143. The van der Waals surface area contributed by atoms with E-state index in [1.807, 2.05) is 56.1 Å². The standard InChI is InChI=1S/C31H34F6N4O.3ClH/c1-21-6-7-23(13-22(21)2)17-29(28(42)25-14-26(30(32,33)34)16-27(15-25)31(35,36)37)20-41(10-9-39-29)12-11-40(3)19-24-5-4-8-38-18-24;;;/h4-8,13-16,18,39H,9-12,17,19-20H2,1-3H3;3*1H. The van der Waals surface area contributed by atoms with Crippen molar-refractivity contribution in [3.63, 3.8) is 0 Å². The molecule has 0 aliphatic carbocycles. The van der Waals surface area contributed by atoms with Gasteiger partial charge in [0.2, 0.25) is 0 Å². The van der Waals surface area contributed by atoms with Crippen LogP contribution in [0.4, 0.5) is 26.3 Å². The summed E-state index contributed by atoms with van der Waals surface area (Å²) < 4.78 is 81.9. The van der Waals surface area contributed by atoms with Crippen LogP contribution in [0.15, 0.2) is 60.9 Å². The number of halogens is 9. The number of rotatable bonds is 9. The van der Waals surface area contributed by atoms with Gasteiger partial charge in [-0.15, -0.1) is 37.2 Å². The zero-order valence-electron chi connectivity index (χ0n) is 25.0. The molecule has 0 spiro atoms. The molecule has 5 nitrogen and oxygen atoms in total. The predicted molar refractivity (Wildman–Crippen MR) is 170 cm³/mol. The number of carbonyl (C=O) groups is 1. The zero-order chi connectivity index (χ0) is 30.7. The van der Waals surface area contributed by atoms with E-state index in [4.69, 9.17) is 0 Å². The lowest BCUT2D eigenvalue weighted by Crippen LogP contribution is -2.66. The van der Waals surface area contributed by atoms with Gasteiger partial charge in [-0.1, -0.05) is 24.3 Å².